The maximum atomic E-state index is 12.2. The second-order valence-corrected chi connectivity index (χ2v) is 5.13. The lowest BCUT2D eigenvalue weighted by Crippen LogP contribution is -2.24. The summed E-state index contributed by atoms with van der Waals surface area (Å²) in [5.41, 5.74) is 2.57. The number of hydrogen-bond donors (Lipinski definition) is 1. The first-order chi connectivity index (χ1) is 8.99. The SMILES string of the molecule is Cc1oc2c3c(ccc2c(=O)c1C)C[C@@H](C)O[C@@H]3O. The molecular formula is C15H16O4. The van der Waals surface area contributed by atoms with Gasteiger partial charge in [-0.1, -0.05) is 6.07 Å². The molecule has 3 rings (SSSR count). The smallest absolute Gasteiger partial charge is 0.195 e. The molecule has 2 aromatic rings. The van der Waals surface area contributed by atoms with Gasteiger partial charge < -0.3 is 14.3 Å². The van der Waals surface area contributed by atoms with Crippen LogP contribution in [0.5, 0.6) is 0 Å². The van der Waals surface area contributed by atoms with E-state index in [4.69, 9.17) is 9.15 Å². The van der Waals surface area contributed by atoms with Crippen molar-refractivity contribution in [2.24, 2.45) is 0 Å². The molecule has 1 aromatic heterocycles. The van der Waals surface area contributed by atoms with Crippen LogP contribution in [0.25, 0.3) is 11.0 Å². The van der Waals surface area contributed by atoms with Crippen LogP contribution >= 0.6 is 0 Å². The predicted molar refractivity (Wildman–Crippen MR) is 71.2 cm³/mol. The average molecular weight is 260 g/mol. The summed E-state index contributed by atoms with van der Waals surface area (Å²) < 4.78 is 11.2. The van der Waals surface area contributed by atoms with Crippen molar-refractivity contribution >= 4 is 11.0 Å². The van der Waals surface area contributed by atoms with E-state index in [1.54, 1.807) is 19.9 Å². The van der Waals surface area contributed by atoms with Gasteiger partial charge in [0.15, 0.2) is 11.7 Å². The van der Waals surface area contributed by atoms with E-state index in [9.17, 15) is 9.90 Å². The second-order valence-electron chi connectivity index (χ2n) is 5.13. The third-order valence-corrected chi connectivity index (χ3v) is 3.77. The first-order valence-corrected chi connectivity index (χ1v) is 6.38. The van der Waals surface area contributed by atoms with E-state index in [-0.39, 0.29) is 11.5 Å². The van der Waals surface area contributed by atoms with Gasteiger partial charge in [-0.2, -0.15) is 0 Å². The zero-order valence-electron chi connectivity index (χ0n) is 11.2. The van der Waals surface area contributed by atoms with Crippen molar-refractivity contribution in [3.8, 4) is 0 Å². The summed E-state index contributed by atoms with van der Waals surface area (Å²) in [5.74, 6) is 0.580. The van der Waals surface area contributed by atoms with Gasteiger partial charge in [0.2, 0.25) is 0 Å². The number of aliphatic hydroxyl groups is 1. The van der Waals surface area contributed by atoms with Crippen LogP contribution in [0.3, 0.4) is 0 Å². The lowest BCUT2D eigenvalue weighted by molar-refractivity contribution is -0.142. The summed E-state index contributed by atoms with van der Waals surface area (Å²) in [7, 11) is 0. The highest BCUT2D eigenvalue weighted by molar-refractivity contribution is 5.82. The van der Waals surface area contributed by atoms with Crippen LogP contribution in [0, 0.1) is 13.8 Å². The largest absolute Gasteiger partial charge is 0.460 e. The summed E-state index contributed by atoms with van der Waals surface area (Å²) in [6.07, 6.45) is -0.371. The molecule has 19 heavy (non-hydrogen) atoms. The van der Waals surface area contributed by atoms with Crippen molar-refractivity contribution in [2.45, 2.75) is 39.6 Å². The Hall–Kier alpha value is -1.65. The fraction of sp³-hybridized carbons (Fsp3) is 0.400. The molecule has 1 aromatic carbocycles. The number of aliphatic hydroxyl groups excluding tert-OH is 1. The number of rotatable bonds is 0. The van der Waals surface area contributed by atoms with E-state index in [2.05, 4.69) is 0 Å². The molecular weight excluding hydrogens is 244 g/mol. The summed E-state index contributed by atoms with van der Waals surface area (Å²) >= 11 is 0. The molecule has 0 saturated carbocycles. The number of benzene rings is 1. The Labute approximate surface area is 110 Å². The predicted octanol–water partition coefficient (Wildman–Crippen LogP) is 2.36. The molecule has 0 fully saturated rings. The van der Waals surface area contributed by atoms with Crippen LogP contribution in [0.1, 0.15) is 35.7 Å². The quantitative estimate of drug-likeness (QED) is 0.790. The highest BCUT2D eigenvalue weighted by atomic mass is 16.6. The van der Waals surface area contributed by atoms with Crippen molar-refractivity contribution in [2.75, 3.05) is 0 Å². The standard InChI is InChI=1S/C15H16O4/c1-7-6-10-4-5-11-13(16)8(2)9(3)19-14(11)12(10)15(17)18-7/h4-5,7,15,17H,6H2,1-3H3/t7-,15+/m1/s1. The summed E-state index contributed by atoms with van der Waals surface area (Å²) in [4.78, 5) is 12.2. The normalized spacial score (nSPS) is 22.5. The van der Waals surface area contributed by atoms with E-state index in [0.29, 0.717) is 34.3 Å². The van der Waals surface area contributed by atoms with Gasteiger partial charge in [0.1, 0.15) is 11.3 Å². The highest BCUT2D eigenvalue weighted by Crippen LogP contribution is 2.34. The van der Waals surface area contributed by atoms with Gasteiger partial charge in [-0.25, -0.2) is 0 Å². The molecule has 0 bridgehead atoms. The van der Waals surface area contributed by atoms with Crippen molar-refractivity contribution in [1.29, 1.82) is 0 Å². The second kappa shape index (κ2) is 4.18. The van der Waals surface area contributed by atoms with Crippen LogP contribution in [-0.2, 0) is 11.2 Å². The minimum atomic E-state index is -1.03. The Kier molecular flexibility index (Phi) is 2.73. The van der Waals surface area contributed by atoms with Gasteiger partial charge in [0.05, 0.1) is 17.1 Å². The van der Waals surface area contributed by atoms with Gasteiger partial charge in [-0.3, -0.25) is 4.79 Å². The van der Waals surface area contributed by atoms with Gasteiger partial charge in [-0.05, 0) is 38.8 Å². The molecule has 0 radical (unpaired) electrons. The molecule has 1 N–H and O–H groups in total. The Balaban J connectivity index is 2.40. The maximum Gasteiger partial charge on any atom is 0.195 e. The molecule has 4 nitrogen and oxygen atoms in total. The third kappa shape index (κ3) is 1.79. The lowest BCUT2D eigenvalue weighted by atomic mass is 9.95. The third-order valence-electron chi connectivity index (χ3n) is 3.77. The van der Waals surface area contributed by atoms with Crippen molar-refractivity contribution in [3.05, 3.63) is 44.8 Å². The lowest BCUT2D eigenvalue weighted by Gasteiger charge is -2.27. The van der Waals surface area contributed by atoms with Crippen LogP contribution in [0.15, 0.2) is 21.3 Å². The highest BCUT2D eigenvalue weighted by Gasteiger charge is 2.27. The number of fused-ring (bicyclic) bond motifs is 3. The van der Waals surface area contributed by atoms with Gasteiger partial charge in [0, 0.05) is 5.56 Å². The first kappa shape index (κ1) is 12.4. The van der Waals surface area contributed by atoms with Crippen LogP contribution < -0.4 is 5.43 Å². The fourth-order valence-corrected chi connectivity index (χ4v) is 2.62. The Morgan fingerprint density at radius 2 is 2.05 bits per heavy atom. The van der Waals surface area contributed by atoms with Crippen molar-refractivity contribution < 1.29 is 14.3 Å². The van der Waals surface area contributed by atoms with Crippen LogP contribution in [0.2, 0.25) is 0 Å². The monoisotopic (exact) mass is 260 g/mol. The number of aryl methyl sites for hydroxylation is 1. The molecule has 4 heteroatoms. The fourth-order valence-electron chi connectivity index (χ4n) is 2.62. The Morgan fingerprint density at radius 1 is 1.32 bits per heavy atom. The summed E-state index contributed by atoms with van der Waals surface area (Å²) in [6.45, 7) is 5.41. The topological polar surface area (TPSA) is 59.7 Å². The number of ether oxygens (including phenoxy) is 1. The molecule has 2 heterocycles. The molecule has 0 amide bonds. The van der Waals surface area contributed by atoms with E-state index >= 15 is 0 Å². The minimum Gasteiger partial charge on any atom is -0.460 e. The number of hydrogen-bond acceptors (Lipinski definition) is 4. The zero-order valence-corrected chi connectivity index (χ0v) is 11.2. The van der Waals surface area contributed by atoms with E-state index in [0.717, 1.165) is 5.56 Å². The van der Waals surface area contributed by atoms with Crippen LogP contribution in [-0.4, -0.2) is 11.2 Å². The molecule has 0 spiro atoms. The van der Waals surface area contributed by atoms with Gasteiger partial charge in [-0.15, -0.1) is 0 Å². The molecule has 0 aliphatic carbocycles. The van der Waals surface area contributed by atoms with Crippen LogP contribution in [0.4, 0.5) is 0 Å². The summed E-state index contributed by atoms with van der Waals surface area (Å²) in [5, 5.41) is 10.6. The van der Waals surface area contributed by atoms with Crippen molar-refractivity contribution in [1.82, 2.24) is 0 Å². The van der Waals surface area contributed by atoms with Gasteiger partial charge >= 0.3 is 0 Å². The molecule has 1 aliphatic rings. The zero-order chi connectivity index (χ0) is 13.7. The van der Waals surface area contributed by atoms with E-state index < -0.39 is 6.29 Å². The molecule has 2 atom stereocenters. The molecule has 100 valence electrons. The minimum absolute atomic E-state index is 0.0433. The molecule has 0 saturated heterocycles. The summed E-state index contributed by atoms with van der Waals surface area (Å²) in [6, 6.07) is 3.66. The van der Waals surface area contributed by atoms with Gasteiger partial charge in [0.25, 0.3) is 0 Å². The maximum absolute atomic E-state index is 12.2. The molecule has 0 unspecified atom stereocenters. The van der Waals surface area contributed by atoms with E-state index in [1.807, 2.05) is 13.0 Å². The Bertz CT molecular complexity index is 714. The van der Waals surface area contributed by atoms with E-state index in [1.165, 1.54) is 0 Å². The first-order valence-electron chi connectivity index (χ1n) is 6.38. The Morgan fingerprint density at radius 3 is 2.79 bits per heavy atom. The van der Waals surface area contributed by atoms with Crippen molar-refractivity contribution in [3.63, 3.8) is 0 Å². The molecule has 1 aliphatic heterocycles. The average Bonchev–Trinajstić information content (AvgIpc) is 2.35.